The molecule has 1 fully saturated rings. The summed E-state index contributed by atoms with van der Waals surface area (Å²) in [6.07, 6.45) is -1.61. The fraction of sp³-hybridized carbons (Fsp3) is 0.345. The minimum absolute atomic E-state index is 0.0432. The number of nitrogens with one attached hydrogen (secondary N) is 1. The van der Waals surface area contributed by atoms with E-state index in [2.05, 4.69) is 4.98 Å². The summed E-state index contributed by atoms with van der Waals surface area (Å²) in [6.45, 7) is 1.68. The minimum Gasteiger partial charge on any atom is -0.497 e. The maximum atomic E-state index is 14.0. The average Bonchev–Trinajstić information content (AvgIpc) is 3.33. The van der Waals surface area contributed by atoms with Crippen LogP contribution in [-0.4, -0.2) is 53.8 Å². The van der Waals surface area contributed by atoms with Crippen LogP contribution in [0.25, 0.3) is 11.1 Å². The highest BCUT2D eigenvalue weighted by atomic mass is 19.4. The van der Waals surface area contributed by atoms with Gasteiger partial charge in [0.2, 0.25) is 0 Å². The average molecular weight is 539 g/mol. The van der Waals surface area contributed by atoms with Crippen LogP contribution in [-0.2, 0) is 25.7 Å². The number of pyridine rings is 1. The predicted octanol–water partition coefficient (Wildman–Crippen LogP) is 5.56. The maximum Gasteiger partial charge on any atom is 0.433 e. The molecule has 39 heavy (non-hydrogen) atoms. The number of methoxy groups -OCH3 is 2. The van der Waals surface area contributed by atoms with E-state index >= 15 is 0 Å². The van der Waals surface area contributed by atoms with Crippen molar-refractivity contribution in [2.75, 3.05) is 27.3 Å². The van der Waals surface area contributed by atoms with E-state index in [0.29, 0.717) is 78.6 Å². The zero-order valence-electron chi connectivity index (χ0n) is 21.8. The van der Waals surface area contributed by atoms with E-state index in [1.165, 1.54) is 12.1 Å². The lowest BCUT2D eigenvalue weighted by Gasteiger charge is -2.31. The summed E-state index contributed by atoms with van der Waals surface area (Å²) in [5.41, 5.74) is 1.81. The number of halogens is 3. The summed E-state index contributed by atoms with van der Waals surface area (Å²) in [6, 6.07) is 11.8. The summed E-state index contributed by atoms with van der Waals surface area (Å²) in [5, 5.41) is 8.21. The fourth-order valence-corrected chi connectivity index (χ4v) is 5.34. The molecule has 0 atom stereocenters. The normalized spacial score (nSPS) is 15.5. The number of nitrogens with zero attached hydrogens (tertiary/aromatic N) is 3. The molecule has 1 amide bonds. The molecular formula is C29H29F3N4O3. The molecule has 2 aromatic carbocycles. The highest BCUT2D eigenvalue weighted by molar-refractivity contribution is 5.99. The number of hydrogen-bond donors (Lipinski definition) is 1. The number of carbonyl (C=O) groups is 1. The number of amides is 1. The van der Waals surface area contributed by atoms with Gasteiger partial charge in [0.25, 0.3) is 5.91 Å². The van der Waals surface area contributed by atoms with Crippen LogP contribution in [0.4, 0.5) is 13.2 Å². The van der Waals surface area contributed by atoms with Crippen LogP contribution in [0, 0.1) is 5.41 Å². The SMILES string of the molecule is COc1cc(CN2CCc3c(cc(CN4CCCC4=N)cc3-c3cccnc3C(F)(F)F)C2=O)cc(OC)c1. The molecule has 204 valence electrons. The Bertz CT molecular complexity index is 1400. The molecular weight excluding hydrogens is 509 g/mol. The molecule has 1 N–H and O–H groups in total. The van der Waals surface area contributed by atoms with Crippen LogP contribution in [0.2, 0.25) is 0 Å². The van der Waals surface area contributed by atoms with E-state index in [-0.39, 0.29) is 11.5 Å². The second-order valence-electron chi connectivity index (χ2n) is 9.74. The number of hydrogen-bond acceptors (Lipinski definition) is 5. The number of likely N-dealkylation sites (tertiary alicyclic amines) is 1. The third-order valence-electron chi connectivity index (χ3n) is 7.21. The Kier molecular flexibility index (Phi) is 7.20. The summed E-state index contributed by atoms with van der Waals surface area (Å²) in [4.78, 5) is 21.1. The Hall–Kier alpha value is -4.08. The van der Waals surface area contributed by atoms with Crippen molar-refractivity contribution in [3.05, 3.63) is 76.6 Å². The van der Waals surface area contributed by atoms with E-state index < -0.39 is 11.9 Å². The standard InChI is InChI=1S/C29H29F3N4O3/c1-38-20-11-18(12-21(15-20)39-2)17-36-10-7-22-24(23-5-3-8-34-27(23)29(30,31)32)13-19(14-25(22)28(36)37)16-35-9-4-6-26(35)33/h3,5,8,11-15,33H,4,6-7,9-10,16-17H2,1-2H3. The first kappa shape index (κ1) is 26.5. The fourth-order valence-electron chi connectivity index (χ4n) is 5.34. The van der Waals surface area contributed by atoms with E-state index in [1.807, 2.05) is 17.0 Å². The van der Waals surface area contributed by atoms with Gasteiger partial charge in [0, 0.05) is 56.0 Å². The quantitative estimate of drug-likeness (QED) is 0.427. The minimum atomic E-state index is -4.65. The molecule has 0 saturated carbocycles. The highest BCUT2D eigenvalue weighted by Gasteiger charge is 2.37. The number of amidine groups is 1. The molecule has 0 bridgehead atoms. The first-order valence-corrected chi connectivity index (χ1v) is 12.7. The van der Waals surface area contributed by atoms with Crippen LogP contribution in [0.3, 0.4) is 0 Å². The highest BCUT2D eigenvalue weighted by Crippen LogP contribution is 2.40. The monoisotopic (exact) mass is 538 g/mol. The number of rotatable bonds is 7. The molecule has 0 unspecified atom stereocenters. The molecule has 5 rings (SSSR count). The Morgan fingerprint density at radius 3 is 2.21 bits per heavy atom. The van der Waals surface area contributed by atoms with Crippen LogP contribution in [0.1, 0.15) is 45.6 Å². The van der Waals surface area contributed by atoms with Crippen molar-refractivity contribution in [1.29, 1.82) is 5.41 Å². The number of ether oxygens (including phenoxy) is 2. The van der Waals surface area contributed by atoms with Crippen molar-refractivity contribution in [1.82, 2.24) is 14.8 Å². The van der Waals surface area contributed by atoms with Gasteiger partial charge in [0.05, 0.1) is 20.1 Å². The summed E-state index contributed by atoms with van der Waals surface area (Å²) in [7, 11) is 3.11. The first-order chi connectivity index (χ1) is 18.7. The van der Waals surface area contributed by atoms with Crippen molar-refractivity contribution < 1.29 is 27.4 Å². The van der Waals surface area contributed by atoms with Gasteiger partial charge in [-0.25, -0.2) is 0 Å². The van der Waals surface area contributed by atoms with E-state index in [4.69, 9.17) is 14.9 Å². The van der Waals surface area contributed by atoms with Crippen LogP contribution < -0.4 is 9.47 Å². The second-order valence-corrected chi connectivity index (χ2v) is 9.74. The Morgan fingerprint density at radius 2 is 1.56 bits per heavy atom. The lowest BCUT2D eigenvalue weighted by molar-refractivity contribution is -0.140. The molecule has 1 aromatic heterocycles. The van der Waals surface area contributed by atoms with Crippen molar-refractivity contribution in [3.63, 3.8) is 0 Å². The summed E-state index contributed by atoms with van der Waals surface area (Å²) >= 11 is 0. The molecule has 3 heterocycles. The molecule has 1 saturated heterocycles. The topological polar surface area (TPSA) is 78.8 Å². The van der Waals surface area contributed by atoms with Gasteiger partial charge in [-0.05, 0) is 65.4 Å². The third-order valence-corrected chi connectivity index (χ3v) is 7.21. The number of benzene rings is 2. The lowest BCUT2D eigenvalue weighted by atomic mass is 9.87. The molecule has 10 heteroatoms. The zero-order chi connectivity index (χ0) is 27.7. The van der Waals surface area contributed by atoms with E-state index in [1.54, 1.807) is 37.3 Å². The first-order valence-electron chi connectivity index (χ1n) is 12.7. The van der Waals surface area contributed by atoms with Gasteiger partial charge in [0.15, 0.2) is 5.69 Å². The third kappa shape index (κ3) is 5.41. The van der Waals surface area contributed by atoms with E-state index in [9.17, 15) is 18.0 Å². The lowest BCUT2D eigenvalue weighted by Crippen LogP contribution is -2.37. The van der Waals surface area contributed by atoms with Crippen molar-refractivity contribution in [2.45, 2.75) is 38.5 Å². The molecule has 7 nitrogen and oxygen atoms in total. The second kappa shape index (κ2) is 10.6. The number of aromatic nitrogens is 1. The van der Waals surface area contributed by atoms with Crippen LogP contribution in [0.15, 0.2) is 48.7 Å². The van der Waals surface area contributed by atoms with Gasteiger partial charge < -0.3 is 19.3 Å². The van der Waals surface area contributed by atoms with E-state index in [0.717, 1.165) is 18.2 Å². The smallest absolute Gasteiger partial charge is 0.433 e. The number of fused-ring (bicyclic) bond motifs is 1. The summed E-state index contributed by atoms with van der Waals surface area (Å²) in [5.74, 6) is 1.44. The molecule has 0 radical (unpaired) electrons. The molecule has 0 aliphatic carbocycles. The van der Waals surface area contributed by atoms with Gasteiger partial charge in [-0.2, -0.15) is 13.2 Å². The maximum absolute atomic E-state index is 14.0. The van der Waals surface area contributed by atoms with Gasteiger partial charge in [-0.1, -0.05) is 6.07 Å². The summed E-state index contributed by atoms with van der Waals surface area (Å²) < 4.78 is 52.6. The largest absolute Gasteiger partial charge is 0.497 e. The number of carbonyl (C=O) groups excluding carboxylic acids is 1. The van der Waals surface area contributed by atoms with Gasteiger partial charge in [-0.15, -0.1) is 0 Å². The molecule has 2 aliphatic heterocycles. The van der Waals surface area contributed by atoms with Crippen LogP contribution in [0.5, 0.6) is 11.5 Å². The molecule has 0 spiro atoms. The van der Waals surface area contributed by atoms with Crippen LogP contribution >= 0.6 is 0 Å². The van der Waals surface area contributed by atoms with Gasteiger partial charge in [0.1, 0.15) is 11.5 Å². The van der Waals surface area contributed by atoms with Gasteiger partial charge in [-0.3, -0.25) is 15.2 Å². The predicted molar refractivity (Wildman–Crippen MR) is 140 cm³/mol. The molecule has 2 aliphatic rings. The Balaban J connectivity index is 1.57. The van der Waals surface area contributed by atoms with Gasteiger partial charge >= 0.3 is 6.18 Å². The molecule has 3 aromatic rings. The Morgan fingerprint density at radius 1 is 0.897 bits per heavy atom. The number of alkyl halides is 3. The Labute approximate surface area is 224 Å². The van der Waals surface area contributed by atoms with Crippen molar-refractivity contribution in [2.24, 2.45) is 0 Å². The zero-order valence-corrected chi connectivity index (χ0v) is 21.8. The van der Waals surface area contributed by atoms with Crippen molar-refractivity contribution >= 4 is 11.7 Å². The van der Waals surface area contributed by atoms with Crippen molar-refractivity contribution in [3.8, 4) is 22.6 Å².